The average Bonchev–Trinajstić information content (AvgIpc) is 2.35. The fraction of sp³-hybridized carbons (Fsp3) is 0.417. The molecule has 0 aliphatic rings. The third kappa shape index (κ3) is 3.87. The fourth-order valence-corrected chi connectivity index (χ4v) is 2.49. The van der Waals surface area contributed by atoms with Gasteiger partial charge in [-0.15, -0.1) is 0 Å². The Balaban J connectivity index is 2.68. The van der Waals surface area contributed by atoms with Crippen molar-refractivity contribution in [1.82, 2.24) is 5.43 Å². The number of rotatable bonds is 6. The third-order valence-corrected chi connectivity index (χ3v) is 3.56. The molecule has 1 unspecified atom stereocenters. The molecule has 1 amide bonds. The summed E-state index contributed by atoms with van der Waals surface area (Å²) < 4.78 is 0. The SMILES string of the molecule is CCCSCC(C(=O)NN)c1ccccc1. The molecule has 0 bridgehead atoms. The van der Waals surface area contributed by atoms with Crippen molar-refractivity contribution in [3.05, 3.63) is 35.9 Å². The summed E-state index contributed by atoms with van der Waals surface area (Å²) in [6, 6.07) is 9.76. The highest BCUT2D eigenvalue weighted by atomic mass is 32.2. The van der Waals surface area contributed by atoms with Crippen LogP contribution in [-0.2, 0) is 4.79 Å². The number of nitrogens with one attached hydrogen (secondary N) is 1. The van der Waals surface area contributed by atoms with Crippen molar-refractivity contribution in [2.45, 2.75) is 19.3 Å². The van der Waals surface area contributed by atoms with E-state index >= 15 is 0 Å². The highest BCUT2D eigenvalue weighted by Crippen LogP contribution is 2.21. The van der Waals surface area contributed by atoms with Crippen LogP contribution in [0.3, 0.4) is 0 Å². The molecule has 0 aromatic heterocycles. The number of benzene rings is 1. The van der Waals surface area contributed by atoms with Gasteiger partial charge in [-0.1, -0.05) is 37.3 Å². The van der Waals surface area contributed by atoms with Crippen LogP contribution < -0.4 is 11.3 Å². The van der Waals surface area contributed by atoms with Gasteiger partial charge in [-0.2, -0.15) is 11.8 Å². The molecule has 0 saturated carbocycles. The van der Waals surface area contributed by atoms with Crippen molar-refractivity contribution in [2.24, 2.45) is 5.84 Å². The van der Waals surface area contributed by atoms with Gasteiger partial charge in [0.05, 0.1) is 5.92 Å². The molecule has 4 heteroatoms. The molecule has 0 saturated heterocycles. The van der Waals surface area contributed by atoms with Gasteiger partial charge in [0.1, 0.15) is 0 Å². The summed E-state index contributed by atoms with van der Waals surface area (Å²) in [7, 11) is 0. The Morgan fingerprint density at radius 1 is 1.44 bits per heavy atom. The van der Waals surface area contributed by atoms with Crippen molar-refractivity contribution in [3.8, 4) is 0 Å². The van der Waals surface area contributed by atoms with Crippen molar-refractivity contribution in [3.63, 3.8) is 0 Å². The van der Waals surface area contributed by atoms with Gasteiger partial charge >= 0.3 is 0 Å². The minimum atomic E-state index is -0.150. The van der Waals surface area contributed by atoms with Crippen LogP contribution in [0, 0.1) is 0 Å². The maximum Gasteiger partial charge on any atom is 0.242 e. The van der Waals surface area contributed by atoms with E-state index in [1.54, 1.807) is 11.8 Å². The van der Waals surface area contributed by atoms with E-state index < -0.39 is 0 Å². The smallest absolute Gasteiger partial charge is 0.242 e. The van der Waals surface area contributed by atoms with Gasteiger partial charge in [0, 0.05) is 5.75 Å². The Bertz CT molecular complexity index is 316. The average molecular weight is 238 g/mol. The molecule has 1 aromatic carbocycles. The van der Waals surface area contributed by atoms with Gasteiger partial charge in [-0.25, -0.2) is 5.84 Å². The number of hydrogen-bond donors (Lipinski definition) is 2. The van der Waals surface area contributed by atoms with Crippen molar-refractivity contribution in [1.29, 1.82) is 0 Å². The lowest BCUT2D eigenvalue weighted by atomic mass is 10.0. The van der Waals surface area contributed by atoms with Gasteiger partial charge in [0.25, 0.3) is 0 Å². The molecular weight excluding hydrogens is 220 g/mol. The summed E-state index contributed by atoms with van der Waals surface area (Å²) in [4.78, 5) is 11.7. The van der Waals surface area contributed by atoms with Crippen molar-refractivity contribution >= 4 is 17.7 Å². The number of nitrogens with two attached hydrogens (primary N) is 1. The molecule has 3 nitrogen and oxygen atoms in total. The summed E-state index contributed by atoms with van der Waals surface area (Å²) >= 11 is 1.78. The van der Waals surface area contributed by atoms with Gasteiger partial charge in [-0.3, -0.25) is 10.2 Å². The van der Waals surface area contributed by atoms with Crippen LogP contribution >= 0.6 is 11.8 Å². The minimum Gasteiger partial charge on any atom is -0.294 e. The Morgan fingerprint density at radius 2 is 2.12 bits per heavy atom. The maximum absolute atomic E-state index is 11.7. The van der Waals surface area contributed by atoms with Crippen molar-refractivity contribution < 1.29 is 4.79 Å². The molecule has 1 atom stereocenters. The number of hydrazine groups is 1. The molecule has 88 valence electrons. The van der Waals surface area contributed by atoms with E-state index in [1.165, 1.54) is 0 Å². The molecule has 1 rings (SSSR count). The first kappa shape index (κ1) is 13.1. The molecule has 16 heavy (non-hydrogen) atoms. The molecule has 0 spiro atoms. The molecule has 3 N–H and O–H groups in total. The van der Waals surface area contributed by atoms with E-state index in [4.69, 9.17) is 5.84 Å². The number of thioether (sulfide) groups is 1. The van der Waals surface area contributed by atoms with E-state index in [0.29, 0.717) is 0 Å². The fourth-order valence-electron chi connectivity index (χ4n) is 1.45. The molecule has 1 aromatic rings. The summed E-state index contributed by atoms with van der Waals surface area (Å²) in [6.07, 6.45) is 1.12. The summed E-state index contributed by atoms with van der Waals surface area (Å²) in [5.41, 5.74) is 3.26. The lowest BCUT2D eigenvalue weighted by molar-refractivity contribution is -0.122. The van der Waals surface area contributed by atoms with Crippen LogP contribution in [0.15, 0.2) is 30.3 Å². The molecule has 0 fully saturated rings. The second kappa shape index (κ2) is 7.30. The molecular formula is C12H18N2OS. The highest BCUT2D eigenvalue weighted by Gasteiger charge is 2.19. The van der Waals surface area contributed by atoms with Crippen molar-refractivity contribution in [2.75, 3.05) is 11.5 Å². The van der Waals surface area contributed by atoms with Crippen LogP contribution in [0.2, 0.25) is 0 Å². The first-order valence-corrected chi connectivity index (χ1v) is 6.58. The van der Waals surface area contributed by atoms with E-state index in [9.17, 15) is 4.79 Å². The summed E-state index contributed by atoms with van der Waals surface area (Å²) in [5, 5.41) is 0. The maximum atomic E-state index is 11.7. The largest absolute Gasteiger partial charge is 0.294 e. The van der Waals surface area contributed by atoms with Gasteiger partial charge in [-0.05, 0) is 17.7 Å². The zero-order valence-electron chi connectivity index (χ0n) is 9.48. The zero-order chi connectivity index (χ0) is 11.8. The van der Waals surface area contributed by atoms with Crippen LogP contribution in [0.4, 0.5) is 0 Å². The Hall–Kier alpha value is -1.00. The first-order valence-electron chi connectivity index (χ1n) is 5.42. The summed E-state index contributed by atoms with van der Waals surface area (Å²) in [5.74, 6) is 6.79. The Kier molecular flexibility index (Phi) is 5.96. The molecule has 0 aliphatic carbocycles. The van der Waals surface area contributed by atoms with E-state index in [-0.39, 0.29) is 11.8 Å². The van der Waals surface area contributed by atoms with Gasteiger partial charge < -0.3 is 0 Å². The first-order chi connectivity index (χ1) is 7.79. The van der Waals surface area contributed by atoms with Crippen LogP contribution in [0.5, 0.6) is 0 Å². The Labute approximate surface area is 101 Å². The molecule has 0 heterocycles. The van der Waals surface area contributed by atoms with E-state index in [1.807, 2.05) is 30.3 Å². The lowest BCUT2D eigenvalue weighted by Gasteiger charge is -2.14. The van der Waals surface area contributed by atoms with Crippen LogP contribution in [0.1, 0.15) is 24.8 Å². The lowest BCUT2D eigenvalue weighted by Crippen LogP contribution is -2.35. The number of carbonyl (C=O) groups is 1. The predicted molar refractivity (Wildman–Crippen MR) is 69.1 cm³/mol. The number of carbonyl (C=O) groups excluding carboxylic acids is 1. The normalized spacial score (nSPS) is 12.1. The van der Waals surface area contributed by atoms with Crippen LogP contribution in [0.25, 0.3) is 0 Å². The minimum absolute atomic E-state index is 0.116. The second-order valence-corrected chi connectivity index (χ2v) is 4.70. The van der Waals surface area contributed by atoms with E-state index in [0.717, 1.165) is 23.5 Å². The monoisotopic (exact) mass is 238 g/mol. The summed E-state index contributed by atoms with van der Waals surface area (Å²) in [6.45, 7) is 2.13. The van der Waals surface area contributed by atoms with Gasteiger partial charge in [0.2, 0.25) is 5.91 Å². The molecule has 0 radical (unpaired) electrons. The standard InChI is InChI=1S/C12H18N2OS/c1-2-8-16-9-11(12(15)14-13)10-6-4-3-5-7-10/h3-7,11H,2,8-9,13H2,1H3,(H,14,15). The van der Waals surface area contributed by atoms with E-state index in [2.05, 4.69) is 12.3 Å². The number of amides is 1. The Morgan fingerprint density at radius 3 is 2.69 bits per heavy atom. The predicted octanol–water partition coefficient (Wildman–Crippen LogP) is 1.90. The highest BCUT2D eigenvalue weighted by molar-refractivity contribution is 7.99. The second-order valence-electron chi connectivity index (χ2n) is 3.55. The van der Waals surface area contributed by atoms with Gasteiger partial charge in [0.15, 0.2) is 0 Å². The number of hydrogen-bond acceptors (Lipinski definition) is 3. The zero-order valence-corrected chi connectivity index (χ0v) is 10.3. The van der Waals surface area contributed by atoms with Crippen LogP contribution in [-0.4, -0.2) is 17.4 Å². The quantitative estimate of drug-likeness (QED) is 0.344. The molecule has 0 aliphatic heterocycles. The topological polar surface area (TPSA) is 55.1 Å². The third-order valence-electron chi connectivity index (χ3n) is 2.29.